The average molecular weight is 278 g/mol. The predicted molar refractivity (Wildman–Crippen MR) is 73.4 cm³/mol. The first-order valence-corrected chi connectivity index (χ1v) is 8.82. The molecule has 0 fully saturated rings. The summed E-state index contributed by atoms with van der Waals surface area (Å²) in [7, 11) is -2.19. The van der Waals surface area contributed by atoms with E-state index in [1.54, 1.807) is 0 Å². The van der Waals surface area contributed by atoms with Gasteiger partial charge < -0.3 is 10.3 Å². The van der Waals surface area contributed by atoms with Crippen molar-refractivity contribution in [3.8, 4) is 0 Å². The summed E-state index contributed by atoms with van der Waals surface area (Å²) in [4.78, 5) is 0. The zero-order valence-corrected chi connectivity index (χ0v) is 12.8. The van der Waals surface area contributed by atoms with E-state index >= 15 is 0 Å². The Morgan fingerprint density at radius 1 is 1.24 bits per heavy atom. The van der Waals surface area contributed by atoms with E-state index in [1.807, 2.05) is 34.6 Å². The Bertz CT molecular complexity index is 449. The lowest BCUT2D eigenvalue weighted by Crippen LogP contribution is -2.46. The van der Waals surface area contributed by atoms with Gasteiger partial charge in [0, 0.05) is 23.1 Å². The van der Waals surface area contributed by atoms with Crippen LogP contribution in [0, 0.1) is 5.21 Å². The van der Waals surface area contributed by atoms with Gasteiger partial charge in [-0.2, -0.15) is 0 Å². The third-order valence-corrected chi connectivity index (χ3v) is 6.01. The van der Waals surface area contributed by atoms with Gasteiger partial charge in [-0.1, -0.05) is 5.57 Å². The summed E-state index contributed by atoms with van der Waals surface area (Å²) >= 11 is 0. The lowest BCUT2D eigenvalue weighted by Gasteiger charge is -2.48. The second-order valence-electron chi connectivity index (χ2n) is 5.48. The first kappa shape index (κ1) is 15.0. The Balaban J connectivity index is 3.08. The summed E-state index contributed by atoms with van der Waals surface area (Å²) in [6, 6.07) is 0. The van der Waals surface area contributed by atoms with Gasteiger partial charge in [-0.15, -0.1) is 0 Å². The first-order valence-electron chi connectivity index (χ1n) is 5.43. The zero-order chi connectivity index (χ0) is 13.6. The SMILES string of the molecule is CC1=C(CSS(C)(=O)=O)C(C)(C)N([O-])C1(C)C. The van der Waals surface area contributed by atoms with Gasteiger partial charge in [-0.3, -0.25) is 0 Å². The normalized spacial score (nSPS) is 24.4. The Morgan fingerprint density at radius 2 is 1.71 bits per heavy atom. The van der Waals surface area contributed by atoms with Crippen molar-refractivity contribution < 1.29 is 8.42 Å². The lowest BCUT2D eigenvalue weighted by molar-refractivity contribution is 0.154. The van der Waals surface area contributed by atoms with Gasteiger partial charge in [0.25, 0.3) is 0 Å². The predicted octanol–water partition coefficient (Wildman–Crippen LogP) is 2.37. The van der Waals surface area contributed by atoms with Crippen LogP contribution in [0.5, 0.6) is 0 Å². The third kappa shape index (κ3) is 2.70. The molecule has 0 N–H and O–H groups in total. The summed E-state index contributed by atoms with van der Waals surface area (Å²) in [6.45, 7) is 9.34. The zero-order valence-electron chi connectivity index (χ0n) is 11.2. The molecule has 6 heteroatoms. The first-order chi connectivity index (χ1) is 7.40. The van der Waals surface area contributed by atoms with E-state index in [1.165, 1.54) is 6.26 Å². The van der Waals surface area contributed by atoms with Crippen LogP contribution in [0.25, 0.3) is 0 Å². The minimum atomic E-state index is -3.08. The molecular formula is C11H20NO3S2-. The van der Waals surface area contributed by atoms with Gasteiger partial charge in [-0.25, -0.2) is 8.42 Å². The van der Waals surface area contributed by atoms with E-state index in [9.17, 15) is 13.6 Å². The maximum atomic E-state index is 12.2. The van der Waals surface area contributed by atoms with Crippen molar-refractivity contribution >= 4 is 19.7 Å². The van der Waals surface area contributed by atoms with E-state index in [4.69, 9.17) is 0 Å². The van der Waals surface area contributed by atoms with E-state index < -0.39 is 19.9 Å². The largest absolute Gasteiger partial charge is 0.784 e. The molecule has 0 spiro atoms. The molecule has 17 heavy (non-hydrogen) atoms. The number of nitrogens with zero attached hydrogens (tertiary/aromatic N) is 1. The standard InChI is InChI=1S/C11H20NO3S2/c1-8-9(7-16-17(6,14)15)11(4,5)12(13)10(8,2)3/h7H2,1-6H3/q-1. The van der Waals surface area contributed by atoms with Crippen molar-refractivity contribution in [2.45, 2.75) is 45.7 Å². The van der Waals surface area contributed by atoms with Gasteiger partial charge in [0.2, 0.25) is 0 Å². The molecule has 0 saturated carbocycles. The van der Waals surface area contributed by atoms with Gasteiger partial charge in [-0.05, 0) is 51.0 Å². The second-order valence-corrected chi connectivity index (χ2v) is 9.94. The fourth-order valence-electron chi connectivity index (χ4n) is 2.25. The minimum Gasteiger partial charge on any atom is -0.784 e. The molecule has 1 rings (SSSR count). The van der Waals surface area contributed by atoms with Crippen LogP contribution in [0.15, 0.2) is 11.1 Å². The van der Waals surface area contributed by atoms with Crippen molar-refractivity contribution in [3.05, 3.63) is 16.4 Å². The molecule has 100 valence electrons. The molecule has 0 bridgehead atoms. The van der Waals surface area contributed by atoms with Gasteiger partial charge in [0.15, 0.2) is 8.87 Å². The van der Waals surface area contributed by atoms with Crippen LogP contribution in [-0.4, -0.2) is 36.6 Å². The maximum absolute atomic E-state index is 12.2. The fourth-order valence-corrected chi connectivity index (χ4v) is 4.15. The van der Waals surface area contributed by atoms with E-state index in [2.05, 4.69) is 0 Å². The Labute approximate surface area is 107 Å². The quantitative estimate of drug-likeness (QED) is 0.586. The molecule has 0 radical (unpaired) electrons. The number of hydrogen-bond donors (Lipinski definition) is 0. The smallest absolute Gasteiger partial charge is 0.199 e. The molecule has 0 unspecified atom stereocenters. The number of rotatable bonds is 3. The van der Waals surface area contributed by atoms with E-state index in [-0.39, 0.29) is 0 Å². The minimum absolute atomic E-state index is 0.361. The molecule has 0 amide bonds. The van der Waals surface area contributed by atoms with Crippen LogP contribution in [0.1, 0.15) is 34.6 Å². The average Bonchev–Trinajstić information content (AvgIpc) is 2.23. The molecule has 0 aromatic rings. The fraction of sp³-hybridized carbons (Fsp3) is 0.818. The molecule has 4 nitrogen and oxygen atoms in total. The molecule has 0 aromatic heterocycles. The van der Waals surface area contributed by atoms with Gasteiger partial charge in [0.1, 0.15) is 0 Å². The van der Waals surface area contributed by atoms with Gasteiger partial charge >= 0.3 is 0 Å². The topological polar surface area (TPSA) is 60.4 Å². The number of hydroxylamine groups is 2. The molecule has 1 heterocycles. The Hall–Kier alpha value is -0.0400. The molecular weight excluding hydrogens is 258 g/mol. The van der Waals surface area contributed by atoms with Crippen LogP contribution in [-0.2, 0) is 8.87 Å². The Morgan fingerprint density at radius 3 is 2.00 bits per heavy atom. The highest BCUT2D eigenvalue weighted by molar-refractivity contribution is 8.71. The van der Waals surface area contributed by atoms with Crippen LogP contribution in [0.4, 0.5) is 0 Å². The van der Waals surface area contributed by atoms with E-state index in [0.717, 1.165) is 27.0 Å². The maximum Gasteiger partial charge on any atom is 0.199 e. The summed E-state index contributed by atoms with van der Waals surface area (Å²) < 4.78 is 22.4. The summed E-state index contributed by atoms with van der Waals surface area (Å²) in [5.74, 6) is 0.361. The van der Waals surface area contributed by atoms with Crippen LogP contribution in [0.2, 0.25) is 0 Å². The molecule has 0 atom stereocenters. The molecule has 0 aromatic carbocycles. The van der Waals surface area contributed by atoms with Gasteiger partial charge in [0.05, 0.1) is 0 Å². The molecule has 1 aliphatic heterocycles. The monoisotopic (exact) mass is 278 g/mol. The summed E-state index contributed by atoms with van der Waals surface area (Å²) in [5.41, 5.74) is 0.712. The highest BCUT2D eigenvalue weighted by atomic mass is 33.1. The highest BCUT2D eigenvalue weighted by Gasteiger charge is 2.43. The molecule has 0 saturated heterocycles. The molecule has 1 aliphatic rings. The second kappa shape index (κ2) is 4.26. The van der Waals surface area contributed by atoms with Crippen molar-refractivity contribution in [2.75, 3.05) is 12.0 Å². The van der Waals surface area contributed by atoms with Crippen LogP contribution < -0.4 is 0 Å². The summed E-state index contributed by atoms with van der Waals surface area (Å²) in [5, 5.41) is 13.3. The molecule has 0 aliphatic carbocycles. The van der Waals surface area contributed by atoms with Crippen molar-refractivity contribution in [1.82, 2.24) is 5.06 Å². The Kier molecular flexibility index (Phi) is 3.76. The van der Waals surface area contributed by atoms with Crippen molar-refractivity contribution in [2.24, 2.45) is 0 Å². The summed E-state index contributed by atoms with van der Waals surface area (Å²) in [6.07, 6.45) is 1.19. The third-order valence-electron chi connectivity index (χ3n) is 3.54. The number of hydrogen-bond acceptors (Lipinski definition) is 5. The van der Waals surface area contributed by atoms with Crippen molar-refractivity contribution in [1.29, 1.82) is 0 Å². The van der Waals surface area contributed by atoms with E-state index in [0.29, 0.717) is 5.75 Å². The lowest BCUT2D eigenvalue weighted by atomic mass is 9.93. The van der Waals surface area contributed by atoms with Crippen LogP contribution >= 0.6 is 10.8 Å². The van der Waals surface area contributed by atoms with Crippen molar-refractivity contribution in [3.63, 3.8) is 0 Å². The van der Waals surface area contributed by atoms with Crippen LogP contribution in [0.3, 0.4) is 0 Å². The highest BCUT2D eigenvalue weighted by Crippen LogP contribution is 2.45.